The molecule has 0 aromatic rings. The molecule has 0 rings (SSSR count). The Morgan fingerprint density at radius 2 is 2.10 bits per heavy atom. The molecule has 0 radical (unpaired) electrons. The monoisotopic (exact) mass is 146 g/mol. The summed E-state index contributed by atoms with van der Waals surface area (Å²) in [4.78, 5) is 2.11. The summed E-state index contributed by atoms with van der Waals surface area (Å²) in [6.07, 6.45) is -0.234. The van der Waals surface area contributed by atoms with E-state index in [-0.39, 0.29) is 6.10 Å². The average Bonchev–Trinajstić information content (AvgIpc) is 1.79. The van der Waals surface area contributed by atoms with Crippen molar-refractivity contribution in [2.24, 2.45) is 0 Å². The van der Waals surface area contributed by atoms with Crippen molar-refractivity contribution < 1.29 is 5.11 Å². The quantitative estimate of drug-likeness (QED) is 0.514. The first-order valence-corrected chi connectivity index (χ1v) is 3.66. The molecule has 62 valence electrons. The summed E-state index contributed by atoms with van der Waals surface area (Å²) in [5, 5.41) is 12.0. The second-order valence-corrected chi connectivity index (χ2v) is 2.86. The van der Waals surface area contributed by atoms with Crippen molar-refractivity contribution in [3.05, 3.63) is 0 Å². The van der Waals surface area contributed by atoms with Crippen molar-refractivity contribution in [2.75, 3.05) is 33.7 Å². The Labute approximate surface area is 63.0 Å². The molecule has 0 saturated carbocycles. The van der Waals surface area contributed by atoms with Gasteiger partial charge in [0, 0.05) is 19.6 Å². The highest BCUT2D eigenvalue weighted by molar-refractivity contribution is 4.53. The molecule has 0 fully saturated rings. The fourth-order valence-electron chi connectivity index (χ4n) is 0.614. The number of hydrogen-bond acceptors (Lipinski definition) is 3. The van der Waals surface area contributed by atoms with Gasteiger partial charge in [0.2, 0.25) is 0 Å². The van der Waals surface area contributed by atoms with Crippen molar-refractivity contribution in [1.82, 2.24) is 10.2 Å². The van der Waals surface area contributed by atoms with Gasteiger partial charge < -0.3 is 15.3 Å². The summed E-state index contributed by atoms with van der Waals surface area (Å²) in [6, 6.07) is 0. The summed E-state index contributed by atoms with van der Waals surface area (Å²) >= 11 is 0. The number of nitrogens with zero attached hydrogens (tertiary/aromatic N) is 1. The Morgan fingerprint density at radius 3 is 2.50 bits per heavy atom. The maximum atomic E-state index is 8.84. The molecule has 0 heterocycles. The van der Waals surface area contributed by atoms with E-state index < -0.39 is 0 Å². The predicted octanol–water partition coefficient (Wildman–Crippen LogP) is -0.482. The van der Waals surface area contributed by atoms with E-state index in [1.54, 1.807) is 6.92 Å². The number of likely N-dealkylation sites (N-methyl/N-ethyl adjacent to an activating group) is 1. The summed E-state index contributed by atoms with van der Waals surface area (Å²) in [5.41, 5.74) is 0. The van der Waals surface area contributed by atoms with Gasteiger partial charge in [-0.2, -0.15) is 0 Å². The van der Waals surface area contributed by atoms with Gasteiger partial charge in [-0.25, -0.2) is 0 Å². The van der Waals surface area contributed by atoms with E-state index in [9.17, 15) is 0 Å². The molecule has 1 atom stereocenters. The molecule has 0 aromatic heterocycles. The van der Waals surface area contributed by atoms with E-state index in [1.807, 2.05) is 14.1 Å². The van der Waals surface area contributed by atoms with Crippen LogP contribution in [0.3, 0.4) is 0 Å². The molecule has 0 aliphatic carbocycles. The lowest BCUT2D eigenvalue weighted by Crippen LogP contribution is -2.31. The van der Waals surface area contributed by atoms with Crippen LogP contribution >= 0.6 is 0 Å². The lowest BCUT2D eigenvalue weighted by Gasteiger charge is -2.10. The zero-order valence-corrected chi connectivity index (χ0v) is 7.09. The minimum absolute atomic E-state index is 0.234. The molecule has 0 aliphatic heterocycles. The Kier molecular flexibility index (Phi) is 5.58. The highest BCUT2D eigenvalue weighted by Gasteiger charge is 1.93. The molecule has 1 unspecified atom stereocenters. The van der Waals surface area contributed by atoms with Crippen LogP contribution in [0, 0.1) is 0 Å². The summed E-state index contributed by atoms with van der Waals surface area (Å²) in [7, 11) is 4.06. The SMILES string of the molecule is CC(O)CNCCN(C)C. The molecule has 2 N–H and O–H groups in total. The molecule has 10 heavy (non-hydrogen) atoms. The standard InChI is InChI=1S/C7H18N2O/c1-7(10)6-8-4-5-9(2)3/h7-8,10H,4-6H2,1-3H3. The van der Waals surface area contributed by atoms with Gasteiger partial charge in [-0.1, -0.05) is 0 Å². The van der Waals surface area contributed by atoms with Crippen LogP contribution < -0.4 is 5.32 Å². The molecule has 3 heteroatoms. The molecule has 3 nitrogen and oxygen atoms in total. The Hall–Kier alpha value is -0.120. The Bertz CT molecular complexity index is 64.0. The zero-order valence-electron chi connectivity index (χ0n) is 7.09. The van der Waals surface area contributed by atoms with Gasteiger partial charge in [-0.3, -0.25) is 0 Å². The number of aliphatic hydroxyl groups excluding tert-OH is 1. The van der Waals surface area contributed by atoms with E-state index in [0.29, 0.717) is 6.54 Å². The van der Waals surface area contributed by atoms with Crippen LogP contribution in [-0.4, -0.2) is 49.8 Å². The first kappa shape index (κ1) is 9.88. The van der Waals surface area contributed by atoms with Crippen LogP contribution in [0.25, 0.3) is 0 Å². The maximum absolute atomic E-state index is 8.84. The first-order chi connectivity index (χ1) is 4.63. The smallest absolute Gasteiger partial charge is 0.0636 e. The summed E-state index contributed by atoms with van der Waals surface area (Å²) in [5.74, 6) is 0. The molecule has 0 amide bonds. The van der Waals surface area contributed by atoms with Gasteiger partial charge in [-0.15, -0.1) is 0 Å². The van der Waals surface area contributed by atoms with Crippen LogP contribution in [0.5, 0.6) is 0 Å². The van der Waals surface area contributed by atoms with Crippen molar-refractivity contribution in [3.63, 3.8) is 0 Å². The molecular formula is C7H18N2O. The molecule has 0 aromatic carbocycles. The lowest BCUT2D eigenvalue weighted by atomic mass is 10.4. The Balaban J connectivity index is 2.91. The fraction of sp³-hybridized carbons (Fsp3) is 1.00. The van der Waals surface area contributed by atoms with Gasteiger partial charge in [0.25, 0.3) is 0 Å². The van der Waals surface area contributed by atoms with Crippen LogP contribution in [0.4, 0.5) is 0 Å². The van der Waals surface area contributed by atoms with Gasteiger partial charge in [0.1, 0.15) is 0 Å². The van der Waals surface area contributed by atoms with E-state index in [2.05, 4.69) is 10.2 Å². The normalized spacial score (nSPS) is 14.1. The van der Waals surface area contributed by atoms with E-state index in [0.717, 1.165) is 13.1 Å². The highest BCUT2D eigenvalue weighted by atomic mass is 16.3. The third-order valence-electron chi connectivity index (χ3n) is 1.18. The fourth-order valence-corrected chi connectivity index (χ4v) is 0.614. The summed E-state index contributed by atoms with van der Waals surface area (Å²) in [6.45, 7) is 4.43. The Morgan fingerprint density at radius 1 is 1.50 bits per heavy atom. The first-order valence-electron chi connectivity index (χ1n) is 3.66. The van der Waals surface area contributed by atoms with Crippen molar-refractivity contribution >= 4 is 0 Å². The third-order valence-corrected chi connectivity index (χ3v) is 1.18. The van der Waals surface area contributed by atoms with Crippen molar-refractivity contribution in [2.45, 2.75) is 13.0 Å². The number of aliphatic hydroxyl groups is 1. The van der Waals surface area contributed by atoms with Crippen LogP contribution in [0.2, 0.25) is 0 Å². The van der Waals surface area contributed by atoms with E-state index >= 15 is 0 Å². The molecular weight excluding hydrogens is 128 g/mol. The highest BCUT2D eigenvalue weighted by Crippen LogP contribution is 1.75. The third kappa shape index (κ3) is 7.88. The molecule has 0 aliphatic rings. The molecule has 0 spiro atoms. The topological polar surface area (TPSA) is 35.5 Å². The largest absolute Gasteiger partial charge is 0.392 e. The van der Waals surface area contributed by atoms with Gasteiger partial charge in [-0.05, 0) is 21.0 Å². The minimum atomic E-state index is -0.234. The number of hydrogen-bond donors (Lipinski definition) is 2. The zero-order chi connectivity index (χ0) is 7.98. The van der Waals surface area contributed by atoms with Crippen LogP contribution in [0.1, 0.15) is 6.92 Å². The van der Waals surface area contributed by atoms with Crippen molar-refractivity contribution in [3.8, 4) is 0 Å². The summed E-state index contributed by atoms with van der Waals surface area (Å²) < 4.78 is 0. The second kappa shape index (κ2) is 5.65. The number of nitrogens with one attached hydrogen (secondary N) is 1. The van der Waals surface area contributed by atoms with Gasteiger partial charge >= 0.3 is 0 Å². The number of rotatable bonds is 5. The second-order valence-electron chi connectivity index (χ2n) is 2.86. The predicted molar refractivity (Wildman–Crippen MR) is 43.1 cm³/mol. The lowest BCUT2D eigenvalue weighted by molar-refractivity contribution is 0.190. The molecule has 0 bridgehead atoms. The minimum Gasteiger partial charge on any atom is -0.392 e. The van der Waals surface area contributed by atoms with Crippen LogP contribution in [0.15, 0.2) is 0 Å². The van der Waals surface area contributed by atoms with Gasteiger partial charge in [0.05, 0.1) is 6.10 Å². The van der Waals surface area contributed by atoms with Crippen molar-refractivity contribution in [1.29, 1.82) is 0 Å². The van der Waals surface area contributed by atoms with E-state index in [4.69, 9.17) is 5.11 Å². The van der Waals surface area contributed by atoms with Crippen LogP contribution in [-0.2, 0) is 0 Å². The van der Waals surface area contributed by atoms with E-state index in [1.165, 1.54) is 0 Å². The maximum Gasteiger partial charge on any atom is 0.0636 e. The average molecular weight is 146 g/mol. The van der Waals surface area contributed by atoms with Gasteiger partial charge in [0.15, 0.2) is 0 Å². The molecule has 0 saturated heterocycles.